The van der Waals surface area contributed by atoms with Crippen LogP contribution in [0.25, 0.3) is 0 Å². The van der Waals surface area contributed by atoms with E-state index in [-0.39, 0.29) is 41.5 Å². The Labute approximate surface area is 240 Å². The number of hydrogen-bond donors (Lipinski definition) is 1. The molecule has 1 heterocycles. The summed E-state index contributed by atoms with van der Waals surface area (Å²) in [4.78, 5) is 16.4. The zero-order chi connectivity index (χ0) is 25.5. The number of carbonyl (C=O) groups excluding carboxylic acids is 1. The lowest BCUT2D eigenvalue weighted by atomic mass is 9.78. The number of ether oxygens (including phenoxy) is 1. The molecule has 5 atom stereocenters. The van der Waals surface area contributed by atoms with Crippen molar-refractivity contribution in [1.82, 2.24) is 4.90 Å². The van der Waals surface area contributed by atoms with E-state index in [2.05, 4.69) is 25.7 Å². The van der Waals surface area contributed by atoms with Gasteiger partial charge in [-0.2, -0.15) is 0 Å². The van der Waals surface area contributed by atoms with Crippen molar-refractivity contribution < 1.29 is 14.6 Å². The van der Waals surface area contributed by atoms with Gasteiger partial charge in [0.15, 0.2) is 0 Å². The molecule has 36 heavy (non-hydrogen) atoms. The molecule has 0 aliphatic heterocycles. The molecule has 9 heteroatoms. The van der Waals surface area contributed by atoms with Gasteiger partial charge in [0.05, 0.1) is 6.10 Å². The zero-order valence-corrected chi connectivity index (χ0v) is 25.0. The Bertz CT molecular complexity index is 948. The highest BCUT2D eigenvalue weighted by Gasteiger charge is 2.44. The summed E-state index contributed by atoms with van der Waals surface area (Å²) in [5.41, 5.74) is 1.03. The van der Waals surface area contributed by atoms with Crippen LogP contribution in [0, 0.1) is 11.8 Å². The summed E-state index contributed by atoms with van der Waals surface area (Å²) < 4.78 is 5.45. The average molecular weight is 597 g/mol. The van der Waals surface area contributed by atoms with Gasteiger partial charge in [0.2, 0.25) is 0 Å². The van der Waals surface area contributed by atoms with Crippen molar-refractivity contribution in [2.45, 2.75) is 63.9 Å². The van der Waals surface area contributed by atoms with Gasteiger partial charge in [-0.05, 0) is 92.4 Å². The molecule has 1 aromatic heterocycles. The minimum atomic E-state index is -0.449. The highest BCUT2D eigenvalue weighted by molar-refractivity contribution is 7.13. The maximum Gasteiger partial charge on any atom is 0.348 e. The van der Waals surface area contributed by atoms with Gasteiger partial charge in [-0.3, -0.25) is 0 Å². The second-order valence-corrected chi connectivity index (χ2v) is 12.0. The first-order valence-electron chi connectivity index (χ1n) is 12.5. The van der Waals surface area contributed by atoms with Crippen molar-refractivity contribution in [2.75, 3.05) is 26.2 Å². The topological polar surface area (TPSA) is 49.8 Å². The first kappa shape index (κ1) is 31.7. The minimum absolute atomic E-state index is 0. The number of halogens is 4. The van der Waals surface area contributed by atoms with E-state index in [1.165, 1.54) is 11.3 Å². The molecular formula is C27H37Cl4NO3S. The predicted octanol–water partition coefficient (Wildman–Crippen LogP) is 7.71. The summed E-state index contributed by atoms with van der Waals surface area (Å²) in [5.74, 6) is 0.0900. The summed E-state index contributed by atoms with van der Waals surface area (Å²) in [5, 5.41) is 12.0. The standard InChI is InChI=1S/C27H36Cl3NO3S.ClH/c1-4-31(5-2)11-12-34-27(33)25-10-9-21(35-25)7-6-8-22-23(30)16-24(32)26(22)17(3)18-13-19(28)15-20(29)14-18;/h9-10,13-15,17,22-24,26,32H,4-8,11-12,16H2,1-3H3;1H/t17?,22-,23+,24+,26+;/m0./s1. The number of aliphatic hydroxyl groups excluding tert-OH is 1. The van der Waals surface area contributed by atoms with E-state index in [1.807, 2.05) is 24.3 Å². The third-order valence-corrected chi connectivity index (χ3v) is 9.28. The molecule has 1 unspecified atom stereocenters. The largest absolute Gasteiger partial charge is 0.460 e. The molecule has 1 N–H and O–H groups in total. The summed E-state index contributed by atoms with van der Waals surface area (Å²) >= 11 is 20.7. The monoisotopic (exact) mass is 595 g/mol. The molecule has 3 rings (SSSR count). The molecule has 1 aliphatic carbocycles. The SMILES string of the molecule is CCN(CC)CCOC(=O)c1ccc(CCC[C@@H]2[C@@H](C(C)c3cc(Cl)cc(Cl)c3)[C@H](O)C[C@H]2Cl)s1.Cl. The lowest BCUT2D eigenvalue weighted by Crippen LogP contribution is -2.27. The van der Waals surface area contributed by atoms with Crippen LogP contribution in [0.15, 0.2) is 30.3 Å². The summed E-state index contributed by atoms with van der Waals surface area (Å²) in [6.07, 6.45) is 2.87. The Morgan fingerprint density at radius 2 is 1.86 bits per heavy atom. The molecule has 0 amide bonds. The van der Waals surface area contributed by atoms with E-state index in [4.69, 9.17) is 39.5 Å². The van der Waals surface area contributed by atoms with Crippen molar-refractivity contribution in [3.05, 3.63) is 55.7 Å². The lowest BCUT2D eigenvalue weighted by Gasteiger charge is -2.30. The number of aliphatic hydroxyl groups is 1. The fraction of sp³-hybridized carbons (Fsp3) is 0.593. The molecule has 2 aromatic rings. The van der Waals surface area contributed by atoms with Crippen LogP contribution >= 0.6 is 58.5 Å². The quantitative estimate of drug-likeness (QED) is 0.201. The number of hydrogen-bond acceptors (Lipinski definition) is 5. The Balaban J connectivity index is 0.00000456. The van der Waals surface area contributed by atoms with E-state index in [9.17, 15) is 9.90 Å². The molecule has 4 nitrogen and oxygen atoms in total. The molecule has 0 bridgehead atoms. The third-order valence-electron chi connectivity index (χ3n) is 7.22. The van der Waals surface area contributed by atoms with E-state index in [0.717, 1.165) is 49.3 Å². The van der Waals surface area contributed by atoms with Crippen molar-refractivity contribution in [1.29, 1.82) is 0 Å². The predicted molar refractivity (Wildman–Crippen MR) is 155 cm³/mol. The van der Waals surface area contributed by atoms with Gasteiger partial charge in [0.1, 0.15) is 11.5 Å². The fourth-order valence-corrected chi connectivity index (χ4v) is 7.20. The maximum absolute atomic E-state index is 12.4. The van der Waals surface area contributed by atoms with Crippen LogP contribution in [0.3, 0.4) is 0 Å². The van der Waals surface area contributed by atoms with Crippen LogP contribution in [0.4, 0.5) is 0 Å². The minimum Gasteiger partial charge on any atom is -0.460 e. The molecule has 1 fully saturated rings. The fourth-order valence-electron chi connectivity index (χ4n) is 5.24. The van der Waals surface area contributed by atoms with Crippen LogP contribution in [0.1, 0.15) is 66.1 Å². The number of alkyl halides is 1. The summed E-state index contributed by atoms with van der Waals surface area (Å²) in [7, 11) is 0. The van der Waals surface area contributed by atoms with Crippen LogP contribution < -0.4 is 0 Å². The lowest BCUT2D eigenvalue weighted by molar-refractivity contribution is 0.0472. The second-order valence-electron chi connectivity index (χ2n) is 9.37. The van der Waals surface area contributed by atoms with E-state index in [0.29, 0.717) is 28.0 Å². The van der Waals surface area contributed by atoms with Gasteiger partial charge in [-0.15, -0.1) is 35.3 Å². The Kier molecular flexibility index (Phi) is 13.3. The van der Waals surface area contributed by atoms with Gasteiger partial charge in [-0.25, -0.2) is 4.79 Å². The van der Waals surface area contributed by atoms with Gasteiger partial charge >= 0.3 is 5.97 Å². The van der Waals surface area contributed by atoms with Crippen molar-refractivity contribution in [2.24, 2.45) is 11.8 Å². The van der Waals surface area contributed by atoms with Crippen LogP contribution in [0.5, 0.6) is 0 Å². The van der Waals surface area contributed by atoms with Gasteiger partial charge in [0.25, 0.3) is 0 Å². The normalized spacial score (nSPS) is 22.4. The van der Waals surface area contributed by atoms with E-state index < -0.39 is 6.10 Å². The van der Waals surface area contributed by atoms with Crippen LogP contribution in [-0.4, -0.2) is 53.7 Å². The average Bonchev–Trinajstić information content (AvgIpc) is 3.39. The summed E-state index contributed by atoms with van der Waals surface area (Å²) in [6.45, 7) is 9.39. The molecule has 0 spiro atoms. The Hall–Kier alpha value is -0.530. The number of nitrogens with zero attached hydrogens (tertiary/aromatic N) is 1. The maximum atomic E-state index is 12.4. The van der Waals surface area contributed by atoms with Crippen molar-refractivity contribution in [3.8, 4) is 0 Å². The molecule has 1 saturated carbocycles. The van der Waals surface area contributed by atoms with Crippen molar-refractivity contribution in [3.63, 3.8) is 0 Å². The smallest absolute Gasteiger partial charge is 0.348 e. The van der Waals surface area contributed by atoms with Crippen molar-refractivity contribution >= 4 is 64.5 Å². The second kappa shape index (κ2) is 15.2. The highest BCUT2D eigenvalue weighted by Crippen LogP contribution is 2.46. The Morgan fingerprint density at radius 3 is 2.50 bits per heavy atom. The zero-order valence-electron chi connectivity index (χ0n) is 21.1. The highest BCUT2D eigenvalue weighted by atomic mass is 35.5. The van der Waals surface area contributed by atoms with Gasteiger partial charge < -0.3 is 14.7 Å². The van der Waals surface area contributed by atoms with Crippen LogP contribution in [0.2, 0.25) is 10.0 Å². The van der Waals surface area contributed by atoms with E-state index >= 15 is 0 Å². The Morgan fingerprint density at radius 1 is 1.19 bits per heavy atom. The van der Waals surface area contributed by atoms with Gasteiger partial charge in [0, 0.05) is 26.8 Å². The first-order valence-corrected chi connectivity index (χ1v) is 14.5. The number of carbonyl (C=O) groups is 1. The molecule has 0 saturated heterocycles. The number of rotatable bonds is 12. The summed E-state index contributed by atoms with van der Waals surface area (Å²) in [6, 6.07) is 9.45. The van der Waals surface area contributed by atoms with Gasteiger partial charge in [-0.1, -0.05) is 44.0 Å². The van der Waals surface area contributed by atoms with Crippen LogP contribution in [-0.2, 0) is 11.2 Å². The molecule has 1 aromatic carbocycles. The molecule has 202 valence electrons. The molecule has 0 radical (unpaired) electrons. The number of benzene rings is 1. The third kappa shape index (κ3) is 8.49. The number of likely N-dealkylation sites (N-methyl/N-ethyl adjacent to an activating group) is 1. The van der Waals surface area contributed by atoms with E-state index in [1.54, 1.807) is 6.07 Å². The molecule has 1 aliphatic rings. The molecular weight excluding hydrogens is 560 g/mol. The number of thiophene rings is 1. The number of aryl methyl sites for hydroxylation is 1. The first-order chi connectivity index (χ1) is 16.7. The number of esters is 1.